The second-order valence-corrected chi connectivity index (χ2v) is 8.29. The molecule has 0 aliphatic carbocycles. The Balaban J connectivity index is 1.80. The Kier molecular flexibility index (Phi) is 6.43. The zero-order valence-electron chi connectivity index (χ0n) is 11.6. The van der Waals surface area contributed by atoms with Gasteiger partial charge in [-0.05, 0) is 29.8 Å². The Bertz CT molecular complexity index is 738. The Morgan fingerprint density at radius 2 is 1.91 bits per heavy atom. The van der Waals surface area contributed by atoms with Crippen LogP contribution in [0.1, 0.15) is 5.56 Å². The summed E-state index contributed by atoms with van der Waals surface area (Å²) in [7, 11) is -3.50. The molecule has 0 saturated heterocycles. The first-order chi connectivity index (χ1) is 10.5. The summed E-state index contributed by atoms with van der Waals surface area (Å²) in [5.41, 5.74) is 0.627. The van der Waals surface area contributed by atoms with Gasteiger partial charge in [-0.3, -0.25) is 0 Å². The minimum Gasteiger partial charge on any atom is -0.210 e. The largest absolute Gasteiger partial charge is 0.240 e. The fourth-order valence-electron chi connectivity index (χ4n) is 1.76. The molecule has 2 aromatic carbocycles. The lowest BCUT2D eigenvalue weighted by Gasteiger charge is -2.07. The first-order valence-corrected chi connectivity index (χ1v) is 9.98. The van der Waals surface area contributed by atoms with Crippen molar-refractivity contribution in [3.63, 3.8) is 0 Å². The van der Waals surface area contributed by atoms with E-state index in [9.17, 15) is 12.8 Å². The molecule has 0 heterocycles. The monoisotopic (exact) mass is 403 g/mol. The van der Waals surface area contributed by atoms with Crippen molar-refractivity contribution < 1.29 is 12.8 Å². The third-order valence-electron chi connectivity index (χ3n) is 2.86. The maximum Gasteiger partial charge on any atom is 0.240 e. The van der Waals surface area contributed by atoms with Gasteiger partial charge in [0.1, 0.15) is 5.82 Å². The highest BCUT2D eigenvalue weighted by molar-refractivity contribution is 9.10. The second-order valence-electron chi connectivity index (χ2n) is 4.50. The molecule has 0 amide bonds. The predicted octanol–water partition coefficient (Wildman–Crippen LogP) is 3.80. The Morgan fingerprint density at radius 1 is 1.14 bits per heavy atom. The Labute approximate surface area is 142 Å². The molecule has 118 valence electrons. The van der Waals surface area contributed by atoms with Gasteiger partial charge in [-0.2, -0.15) is 11.8 Å². The minimum atomic E-state index is -3.50. The van der Waals surface area contributed by atoms with Crippen LogP contribution in [-0.4, -0.2) is 20.7 Å². The fraction of sp³-hybridized carbons (Fsp3) is 0.200. The molecule has 0 bridgehead atoms. The summed E-state index contributed by atoms with van der Waals surface area (Å²) in [5.74, 6) is 0.858. The van der Waals surface area contributed by atoms with Gasteiger partial charge in [-0.25, -0.2) is 17.5 Å². The van der Waals surface area contributed by atoms with Crippen LogP contribution in [0.3, 0.4) is 0 Å². The van der Waals surface area contributed by atoms with Crippen LogP contribution in [0, 0.1) is 5.82 Å². The third-order valence-corrected chi connectivity index (χ3v) is 5.82. The molecule has 22 heavy (non-hydrogen) atoms. The van der Waals surface area contributed by atoms with E-state index in [0.717, 1.165) is 0 Å². The zero-order chi connectivity index (χ0) is 16.0. The van der Waals surface area contributed by atoms with Crippen molar-refractivity contribution in [2.45, 2.75) is 10.6 Å². The highest BCUT2D eigenvalue weighted by Gasteiger charge is 2.13. The van der Waals surface area contributed by atoms with Crippen LogP contribution in [-0.2, 0) is 15.8 Å². The van der Waals surface area contributed by atoms with Gasteiger partial charge in [-0.15, -0.1) is 0 Å². The number of sulfonamides is 1. The average Bonchev–Trinajstić information content (AvgIpc) is 2.48. The first kappa shape index (κ1) is 17.5. The molecule has 0 fully saturated rings. The number of thioether (sulfide) groups is 1. The van der Waals surface area contributed by atoms with E-state index < -0.39 is 10.0 Å². The van der Waals surface area contributed by atoms with Crippen LogP contribution >= 0.6 is 27.7 Å². The fourth-order valence-corrected chi connectivity index (χ4v) is 4.37. The SMILES string of the molecule is O=S(=O)(NCCSCc1ccccc1F)c1cccc(Br)c1. The second kappa shape index (κ2) is 8.10. The smallest absolute Gasteiger partial charge is 0.210 e. The number of hydrogen-bond donors (Lipinski definition) is 1. The molecule has 0 spiro atoms. The summed E-state index contributed by atoms with van der Waals surface area (Å²) in [4.78, 5) is 0.223. The normalized spacial score (nSPS) is 11.5. The molecule has 0 saturated carbocycles. The van der Waals surface area contributed by atoms with Crippen molar-refractivity contribution in [1.82, 2.24) is 4.72 Å². The lowest BCUT2D eigenvalue weighted by atomic mass is 10.2. The van der Waals surface area contributed by atoms with Gasteiger partial charge >= 0.3 is 0 Å². The molecular formula is C15H15BrFNO2S2. The van der Waals surface area contributed by atoms with E-state index in [4.69, 9.17) is 0 Å². The van der Waals surface area contributed by atoms with Crippen LogP contribution in [0.2, 0.25) is 0 Å². The van der Waals surface area contributed by atoms with E-state index in [-0.39, 0.29) is 10.7 Å². The number of hydrogen-bond acceptors (Lipinski definition) is 3. The summed E-state index contributed by atoms with van der Waals surface area (Å²) in [6, 6.07) is 13.1. The Hall–Kier alpha value is -0.890. The lowest BCUT2D eigenvalue weighted by Crippen LogP contribution is -2.26. The first-order valence-electron chi connectivity index (χ1n) is 6.55. The number of benzene rings is 2. The maximum atomic E-state index is 13.4. The minimum absolute atomic E-state index is 0.223. The molecule has 0 radical (unpaired) electrons. The van der Waals surface area contributed by atoms with Gasteiger partial charge < -0.3 is 0 Å². The van der Waals surface area contributed by atoms with E-state index in [1.807, 2.05) is 0 Å². The van der Waals surface area contributed by atoms with Crippen molar-refractivity contribution >= 4 is 37.7 Å². The molecule has 2 aromatic rings. The van der Waals surface area contributed by atoms with E-state index in [1.165, 1.54) is 17.8 Å². The summed E-state index contributed by atoms with van der Waals surface area (Å²) >= 11 is 4.73. The zero-order valence-corrected chi connectivity index (χ0v) is 14.8. The molecular weight excluding hydrogens is 389 g/mol. The highest BCUT2D eigenvalue weighted by atomic mass is 79.9. The van der Waals surface area contributed by atoms with Crippen molar-refractivity contribution in [3.05, 3.63) is 64.4 Å². The molecule has 0 aliphatic rings. The van der Waals surface area contributed by atoms with Crippen molar-refractivity contribution in [1.29, 1.82) is 0 Å². The van der Waals surface area contributed by atoms with Gasteiger partial charge in [0.05, 0.1) is 4.90 Å². The van der Waals surface area contributed by atoms with Gasteiger partial charge in [-0.1, -0.05) is 40.2 Å². The van der Waals surface area contributed by atoms with E-state index >= 15 is 0 Å². The summed E-state index contributed by atoms with van der Waals surface area (Å²) in [5, 5.41) is 0. The van der Waals surface area contributed by atoms with Crippen molar-refractivity contribution in [3.8, 4) is 0 Å². The molecule has 0 aromatic heterocycles. The van der Waals surface area contributed by atoms with Gasteiger partial charge in [0.2, 0.25) is 10.0 Å². The average molecular weight is 404 g/mol. The topological polar surface area (TPSA) is 46.2 Å². The third kappa shape index (κ3) is 5.08. The van der Waals surface area contributed by atoms with Gasteiger partial charge in [0.25, 0.3) is 0 Å². The molecule has 2 rings (SSSR count). The van der Waals surface area contributed by atoms with Crippen LogP contribution < -0.4 is 4.72 Å². The maximum absolute atomic E-state index is 13.4. The van der Waals surface area contributed by atoms with E-state index in [1.54, 1.807) is 42.5 Å². The summed E-state index contributed by atoms with van der Waals surface area (Å²) < 4.78 is 40.8. The highest BCUT2D eigenvalue weighted by Crippen LogP contribution is 2.17. The number of nitrogens with one attached hydrogen (secondary N) is 1. The molecule has 0 unspecified atom stereocenters. The predicted molar refractivity (Wildman–Crippen MR) is 91.9 cm³/mol. The molecule has 3 nitrogen and oxygen atoms in total. The number of halogens is 2. The van der Waals surface area contributed by atoms with Crippen LogP contribution in [0.5, 0.6) is 0 Å². The van der Waals surface area contributed by atoms with E-state index in [2.05, 4.69) is 20.7 Å². The molecule has 0 aliphatic heterocycles. The molecule has 1 N–H and O–H groups in total. The van der Waals surface area contributed by atoms with Crippen molar-refractivity contribution in [2.75, 3.05) is 12.3 Å². The van der Waals surface area contributed by atoms with Crippen LogP contribution in [0.25, 0.3) is 0 Å². The molecule has 0 atom stereocenters. The van der Waals surface area contributed by atoms with E-state index in [0.29, 0.717) is 28.1 Å². The van der Waals surface area contributed by atoms with Crippen LogP contribution in [0.15, 0.2) is 57.9 Å². The van der Waals surface area contributed by atoms with Crippen molar-refractivity contribution in [2.24, 2.45) is 0 Å². The summed E-state index contributed by atoms with van der Waals surface area (Å²) in [6.07, 6.45) is 0. The molecule has 7 heteroatoms. The number of rotatable bonds is 7. The summed E-state index contributed by atoms with van der Waals surface area (Å²) in [6.45, 7) is 0.300. The van der Waals surface area contributed by atoms with Gasteiger partial charge in [0.15, 0.2) is 0 Å². The van der Waals surface area contributed by atoms with Gasteiger partial charge in [0, 0.05) is 22.5 Å². The standard InChI is InChI=1S/C15H15BrFNO2S2/c16-13-5-3-6-14(10-13)22(19,20)18-8-9-21-11-12-4-1-2-7-15(12)17/h1-7,10,18H,8-9,11H2. The lowest BCUT2D eigenvalue weighted by molar-refractivity contribution is 0.584. The van der Waals surface area contributed by atoms with Crippen LogP contribution in [0.4, 0.5) is 4.39 Å². The Morgan fingerprint density at radius 3 is 2.64 bits per heavy atom. The quantitative estimate of drug-likeness (QED) is 0.715.